The van der Waals surface area contributed by atoms with Crippen LogP contribution < -0.4 is 0 Å². The van der Waals surface area contributed by atoms with Crippen LogP contribution in [-0.2, 0) is 19.4 Å². The van der Waals surface area contributed by atoms with E-state index in [4.69, 9.17) is 4.99 Å². The molecule has 170 valence electrons. The average Bonchev–Trinajstić information content (AvgIpc) is 3.26. The van der Waals surface area contributed by atoms with Crippen LogP contribution in [0.25, 0.3) is 17.0 Å². The van der Waals surface area contributed by atoms with Crippen LogP contribution in [0.15, 0.2) is 126 Å². The highest BCUT2D eigenvalue weighted by atomic mass is 15.0. The van der Waals surface area contributed by atoms with Crippen molar-refractivity contribution in [1.82, 2.24) is 4.57 Å². The highest BCUT2D eigenvalue weighted by molar-refractivity contribution is 6.04. The summed E-state index contributed by atoms with van der Waals surface area (Å²) in [4.78, 5) is 5.12. The molecule has 1 atom stereocenters. The maximum absolute atomic E-state index is 5.12. The molecule has 1 aliphatic heterocycles. The molecule has 0 fully saturated rings. The van der Waals surface area contributed by atoms with Crippen LogP contribution in [0.3, 0.4) is 0 Å². The predicted octanol–water partition coefficient (Wildman–Crippen LogP) is 7.89. The van der Waals surface area contributed by atoms with Gasteiger partial charge >= 0.3 is 0 Å². The molecule has 2 nitrogen and oxygen atoms in total. The second-order valence-corrected chi connectivity index (χ2v) is 9.30. The highest BCUT2D eigenvalue weighted by Gasteiger charge is 2.22. The molecule has 5 aromatic rings. The van der Waals surface area contributed by atoms with Crippen molar-refractivity contribution in [2.75, 3.05) is 0 Å². The lowest BCUT2D eigenvalue weighted by Crippen LogP contribution is -2.21. The van der Waals surface area contributed by atoms with Gasteiger partial charge in [0, 0.05) is 40.8 Å². The Bertz CT molecular complexity index is 1510. The van der Waals surface area contributed by atoms with Gasteiger partial charge in [0.15, 0.2) is 0 Å². The first-order chi connectivity index (χ1) is 17.3. The fourth-order valence-corrected chi connectivity index (χ4v) is 5.14. The Morgan fingerprint density at radius 2 is 1.40 bits per heavy atom. The number of para-hydroxylation sites is 2. The number of benzene rings is 4. The monoisotopic (exact) mass is 452 g/mol. The van der Waals surface area contributed by atoms with E-state index in [1.54, 1.807) is 0 Å². The van der Waals surface area contributed by atoms with Gasteiger partial charge in [-0.1, -0.05) is 103 Å². The van der Waals surface area contributed by atoms with Gasteiger partial charge in [-0.25, -0.2) is 0 Å². The van der Waals surface area contributed by atoms with Gasteiger partial charge in [-0.2, -0.15) is 0 Å². The van der Waals surface area contributed by atoms with Crippen molar-refractivity contribution in [2.45, 2.75) is 19.4 Å². The third-order valence-electron chi connectivity index (χ3n) is 6.90. The standard InChI is InChI=1S/C33H28N2/c1-3-11-25(12-4-1)21-29-22-27-15-7-9-17-31(27)34-32(29)20-19-28-24-35(23-26-13-5-2-6-14-26)33-18-10-8-16-30(28)33/h1-20,24,29H,21-23H2. The molecule has 0 amide bonds. The predicted molar refractivity (Wildman–Crippen MR) is 147 cm³/mol. The van der Waals surface area contributed by atoms with Crippen LogP contribution in [0.5, 0.6) is 0 Å². The second-order valence-electron chi connectivity index (χ2n) is 9.30. The molecule has 1 aliphatic rings. The smallest absolute Gasteiger partial charge is 0.0665 e. The van der Waals surface area contributed by atoms with Gasteiger partial charge in [0.2, 0.25) is 0 Å². The Labute approximate surface area is 206 Å². The lowest BCUT2D eigenvalue weighted by atomic mass is 9.85. The number of hydrogen-bond donors (Lipinski definition) is 0. The second kappa shape index (κ2) is 9.60. The molecular weight excluding hydrogens is 424 g/mol. The van der Waals surface area contributed by atoms with E-state index in [0.717, 1.165) is 30.8 Å². The molecular formula is C33H28N2. The van der Waals surface area contributed by atoms with Crippen LogP contribution in [-0.4, -0.2) is 10.3 Å². The number of fused-ring (bicyclic) bond motifs is 2. The first-order valence-corrected chi connectivity index (χ1v) is 12.3. The van der Waals surface area contributed by atoms with E-state index in [9.17, 15) is 0 Å². The van der Waals surface area contributed by atoms with E-state index in [2.05, 4.69) is 132 Å². The molecule has 0 saturated carbocycles. The molecule has 0 bridgehead atoms. The summed E-state index contributed by atoms with van der Waals surface area (Å²) in [6, 6.07) is 38.7. The van der Waals surface area contributed by atoms with Crippen LogP contribution in [0.2, 0.25) is 0 Å². The molecule has 2 heterocycles. The minimum Gasteiger partial charge on any atom is -0.342 e. The van der Waals surface area contributed by atoms with E-state index in [1.807, 2.05) is 0 Å². The summed E-state index contributed by atoms with van der Waals surface area (Å²) >= 11 is 0. The molecule has 35 heavy (non-hydrogen) atoms. The summed E-state index contributed by atoms with van der Waals surface area (Å²) in [6.45, 7) is 0.861. The van der Waals surface area contributed by atoms with E-state index in [0.29, 0.717) is 5.92 Å². The lowest BCUT2D eigenvalue weighted by Gasteiger charge is -2.23. The largest absolute Gasteiger partial charge is 0.342 e. The van der Waals surface area contributed by atoms with E-state index in [1.165, 1.54) is 33.2 Å². The molecule has 2 heteroatoms. The van der Waals surface area contributed by atoms with Gasteiger partial charge in [0.1, 0.15) is 0 Å². The van der Waals surface area contributed by atoms with Crippen molar-refractivity contribution >= 4 is 28.4 Å². The van der Waals surface area contributed by atoms with E-state index < -0.39 is 0 Å². The quantitative estimate of drug-likeness (QED) is 0.249. The van der Waals surface area contributed by atoms with E-state index in [-0.39, 0.29) is 0 Å². The molecule has 6 rings (SSSR count). The maximum atomic E-state index is 5.12. The zero-order chi connectivity index (χ0) is 23.5. The van der Waals surface area contributed by atoms with Crippen LogP contribution >= 0.6 is 0 Å². The number of aromatic nitrogens is 1. The van der Waals surface area contributed by atoms with Crippen molar-refractivity contribution in [3.05, 3.63) is 144 Å². The molecule has 1 unspecified atom stereocenters. The normalized spacial score (nSPS) is 15.3. The van der Waals surface area contributed by atoms with Crippen molar-refractivity contribution in [3.8, 4) is 0 Å². The molecule has 0 saturated heterocycles. The fraction of sp³-hybridized carbons (Fsp3) is 0.121. The van der Waals surface area contributed by atoms with Gasteiger partial charge < -0.3 is 4.57 Å². The first kappa shape index (κ1) is 21.4. The number of rotatable bonds is 6. The maximum Gasteiger partial charge on any atom is 0.0665 e. The molecule has 0 aliphatic carbocycles. The lowest BCUT2D eigenvalue weighted by molar-refractivity contribution is 0.677. The Kier molecular flexibility index (Phi) is 5.86. The summed E-state index contributed by atoms with van der Waals surface area (Å²) in [5.74, 6) is 0.362. The Hall–Kier alpha value is -4.17. The van der Waals surface area contributed by atoms with Crippen molar-refractivity contribution in [3.63, 3.8) is 0 Å². The van der Waals surface area contributed by atoms with Crippen LogP contribution in [0.4, 0.5) is 5.69 Å². The van der Waals surface area contributed by atoms with Crippen LogP contribution in [0.1, 0.15) is 22.3 Å². The highest BCUT2D eigenvalue weighted by Crippen LogP contribution is 2.31. The summed E-state index contributed by atoms with van der Waals surface area (Å²) in [7, 11) is 0. The van der Waals surface area contributed by atoms with Crippen molar-refractivity contribution in [2.24, 2.45) is 10.9 Å². The fourth-order valence-electron chi connectivity index (χ4n) is 5.14. The Morgan fingerprint density at radius 3 is 2.23 bits per heavy atom. The van der Waals surface area contributed by atoms with E-state index >= 15 is 0 Å². The van der Waals surface area contributed by atoms with Crippen LogP contribution in [0, 0.1) is 5.92 Å². The summed E-state index contributed by atoms with van der Waals surface area (Å²) in [5.41, 5.74) is 8.75. The molecule has 1 aromatic heterocycles. The number of allylic oxidation sites excluding steroid dienone is 1. The topological polar surface area (TPSA) is 17.3 Å². The first-order valence-electron chi connectivity index (χ1n) is 12.3. The minimum absolute atomic E-state index is 0.362. The summed E-state index contributed by atoms with van der Waals surface area (Å²) in [5, 5.41) is 1.27. The van der Waals surface area contributed by atoms with Gasteiger partial charge in [-0.3, -0.25) is 4.99 Å². The number of aliphatic imine (C=N–C) groups is 1. The zero-order valence-electron chi connectivity index (χ0n) is 19.7. The van der Waals surface area contributed by atoms with Gasteiger partial charge in [0.25, 0.3) is 0 Å². The SMILES string of the molecule is C(=Cc1cn(Cc2ccccc2)c2ccccc12)C1=Nc2ccccc2CC1Cc1ccccc1. The Morgan fingerprint density at radius 1 is 0.714 bits per heavy atom. The third-order valence-corrected chi connectivity index (χ3v) is 6.90. The third kappa shape index (κ3) is 4.61. The minimum atomic E-state index is 0.362. The van der Waals surface area contributed by atoms with Gasteiger partial charge in [-0.15, -0.1) is 0 Å². The number of nitrogens with zero attached hydrogens (tertiary/aromatic N) is 2. The van der Waals surface area contributed by atoms with Gasteiger partial charge in [0.05, 0.1) is 5.69 Å². The molecule has 4 aromatic carbocycles. The van der Waals surface area contributed by atoms with Gasteiger partial charge in [-0.05, 0) is 47.7 Å². The Balaban J connectivity index is 1.36. The summed E-state index contributed by atoms with van der Waals surface area (Å²) < 4.78 is 2.35. The zero-order valence-corrected chi connectivity index (χ0v) is 19.7. The molecule has 0 N–H and O–H groups in total. The van der Waals surface area contributed by atoms with Crippen molar-refractivity contribution in [1.29, 1.82) is 0 Å². The number of hydrogen-bond acceptors (Lipinski definition) is 1. The summed E-state index contributed by atoms with van der Waals surface area (Å²) in [6.07, 6.45) is 8.79. The molecule has 0 radical (unpaired) electrons. The average molecular weight is 453 g/mol. The molecule has 0 spiro atoms. The van der Waals surface area contributed by atoms with Crippen molar-refractivity contribution < 1.29 is 0 Å².